The van der Waals surface area contributed by atoms with Crippen molar-refractivity contribution in [2.24, 2.45) is 5.41 Å². The molecule has 1 amide bonds. The normalized spacial score (nSPS) is 27.7. The molecule has 1 aromatic carbocycles. The first kappa shape index (κ1) is 14.6. The summed E-state index contributed by atoms with van der Waals surface area (Å²) in [5, 5.41) is 6.71. The second kappa shape index (κ2) is 5.80. The number of carbonyl (C=O) groups excluding carboxylic acids is 1. The van der Waals surface area contributed by atoms with E-state index in [1.807, 2.05) is 0 Å². The first-order chi connectivity index (χ1) is 10.1. The third kappa shape index (κ3) is 2.98. The molecular weight excluding hydrogens is 260 g/mol. The van der Waals surface area contributed by atoms with E-state index in [0.29, 0.717) is 0 Å². The van der Waals surface area contributed by atoms with Crippen molar-refractivity contribution in [2.75, 3.05) is 6.54 Å². The molecule has 3 heteroatoms. The van der Waals surface area contributed by atoms with Crippen LogP contribution in [0.2, 0.25) is 0 Å². The molecule has 114 valence electrons. The zero-order valence-electron chi connectivity index (χ0n) is 13.1. The molecular formula is C18H26N2O. The van der Waals surface area contributed by atoms with Crippen molar-refractivity contribution in [3.8, 4) is 0 Å². The summed E-state index contributed by atoms with van der Waals surface area (Å²) in [5.74, 6) is 0.168. The SMILES string of the molecule is CC1(C)CCCNC1C(=O)NC1CCCc2ccccc21. The van der Waals surface area contributed by atoms with E-state index in [9.17, 15) is 4.79 Å². The van der Waals surface area contributed by atoms with Gasteiger partial charge in [0.1, 0.15) is 0 Å². The van der Waals surface area contributed by atoms with Crippen molar-refractivity contribution in [2.45, 2.75) is 58.0 Å². The summed E-state index contributed by atoms with van der Waals surface area (Å²) in [6.45, 7) is 5.33. The van der Waals surface area contributed by atoms with Crippen LogP contribution < -0.4 is 10.6 Å². The van der Waals surface area contributed by atoms with Gasteiger partial charge in [0.05, 0.1) is 12.1 Å². The van der Waals surface area contributed by atoms with Gasteiger partial charge in [-0.2, -0.15) is 0 Å². The summed E-state index contributed by atoms with van der Waals surface area (Å²) < 4.78 is 0. The highest BCUT2D eigenvalue weighted by Crippen LogP contribution is 2.33. The van der Waals surface area contributed by atoms with Crippen LogP contribution in [0.15, 0.2) is 24.3 Å². The lowest BCUT2D eigenvalue weighted by Gasteiger charge is -2.39. The van der Waals surface area contributed by atoms with Gasteiger partial charge in [-0.15, -0.1) is 0 Å². The smallest absolute Gasteiger partial charge is 0.238 e. The minimum atomic E-state index is -0.0691. The maximum atomic E-state index is 12.7. The largest absolute Gasteiger partial charge is 0.348 e. The van der Waals surface area contributed by atoms with E-state index in [0.717, 1.165) is 38.6 Å². The molecule has 0 spiro atoms. The second-order valence-corrected chi connectivity index (χ2v) is 7.13. The minimum Gasteiger partial charge on any atom is -0.348 e. The van der Waals surface area contributed by atoms with Crippen molar-refractivity contribution < 1.29 is 4.79 Å². The van der Waals surface area contributed by atoms with Crippen LogP contribution in [0.5, 0.6) is 0 Å². The number of rotatable bonds is 2. The fraction of sp³-hybridized carbons (Fsp3) is 0.611. The van der Waals surface area contributed by atoms with E-state index in [4.69, 9.17) is 0 Å². The molecule has 3 rings (SSSR count). The molecule has 21 heavy (non-hydrogen) atoms. The number of carbonyl (C=O) groups is 1. The van der Waals surface area contributed by atoms with Crippen molar-refractivity contribution in [3.05, 3.63) is 35.4 Å². The Kier molecular flexibility index (Phi) is 4.03. The first-order valence-corrected chi connectivity index (χ1v) is 8.19. The topological polar surface area (TPSA) is 41.1 Å². The quantitative estimate of drug-likeness (QED) is 0.877. The van der Waals surface area contributed by atoms with E-state index in [2.05, 4.69) is 48.7 Å². The molecule has 3 nitrogen and oxygen atoms in total. The molecule has 0 saturated carbocycles. The van der Waals surface area contributed by atoms with Crippen molar-refractivity contribution in [1.29, 1.82) is 0 Å². The van der Waals surface area contributed by atoms with Gasteiger partial charge in [0.15, 0.2) is 0 Å². The summed E-state index contributed by atoms with van der Waals surface area (Å²) in [6, 6.07) is 8.64. The van der Waals surface area contributed by atoms with Gasteiger partial charge in [-0.05, 0) is 55.2 Å². The Hall–Kier alpha value is -1.35. The molecule has 0 aromatic heterocycles. The number of hydrogen-bond donors (Lipinski definition) is 2. The second-order valence-electron chi connectivity index (χ2n) is 7.13. The Bertz CT molecular complexity index is 524. The van der Waals surface area contributed by atoms with Crippen molar-refractivity contribution >= 4 is 5.91 Å². The van der Waals surface area contributed by atoms with Crippen LogP contribution in [0, 0.1) is 5.41 Å². The number of fused-ring (bicyclic) bond motifs is 1. The van der Waals surface area contributed by atoms with E-state index in [1.54, 1.807) is 0 Å². The Morgan fingerprint density at radius 2 is 2.10 bits per heavy atom. The highest BCUT2D eigenvalue weighted by Gasteiger charge is 2.38. The third-order valence-electron chi connectivity index (χ3n) is 5.08. The lowest BCUT2D eigenvalue weighted by Crippen LogP contribution is -2.56. The number of hydrogen-bond acceptors (Lipinski definition) is 2. The fourth-order valence-corrected chi connectivity index (χ4v) is 3.82. The van der Waals surface area contributed by atoms with Gasteiger partial charge in [0, 0.05) is 0 Å². The van der Waals surface area contributed by atoms with E-state index >= 15 is 0 Å². The molecule has 2 atom stereocenters. The average molecular weight is 286 g/mol. The highest BCUT2D eigenvalue weighted by atomic mass is 16.2. The van der Waals surface area contributed by atoms with Gasteiger partial charge in [-0.1, -0.05) is 38.1 Å². The van der Waals surface area contributed by atoms with E-state index in [1.165, 1.54) is 11.1 Å². The number of benzene rings is 1. The van der Waals surface area contributed by atoms with Gasteiger partial charge in [0.25, 0.3) is 0 Å². The fourth-order valence-electron chi connectivity index (χ4n) is 3.82. The molecule has 2 aliphatic rings. The molecule has 1 aromatic rings. The highest BCUT2D eigenvalue weighted by molar-refractivity contribution is 5.83. The Morgan fingerprint density at radius 1 is 1.29 bits per heavy atom. The predicted molar refractivity (Wildman–Crippen MR) is 85.1 cm³/mol. The van der Waals surface area contributed by atoms with E-state index < -0.39 is 0 Å². The molecule has 1 saturated heterocycles. The number of piperidine rings is 1. The first-order valence-electron chi connectivity index (χ1n) is 8.19. The summed E-state index contributed by atoms with van der Waals surface area (Å²) in [7, 11) is 0. The molecule has 0 radical (unpaired) electrons. The van der Waals surface area contributed by atoms with Gasteiger partial charge in [0.2, 0.25) is 5.91 Å². The summed E-state index contributed by atoms with van der Waals surface area (Å²) in [4.78, 5) is 12.7. The molecule has 0 bridgehead atoms. The summed E-state index contributed by atoms with van der Waals surface area (Å²) in [6.07, 6.45) is 5.61. The van der Waals surface area contributed by atoms with Crippen LogP contribution in [0.4, 0.5) is 0 Å². The summed E-state index contributed by atoms with van der Waals surface area (Å²) >= 11 is 0. The van der Waals surface area contributed by atoms with Crippen molar-refractivity contribution in [3.63, 3.8) is 0 Å². The lowest BCUT2D eigenvalue weighted by atomic mass is 9.77. The Balaban J connectivity index is 1.74. The van der Waals surface area contributed by atoms with E-state index in [-0.39, 0.29) is 23.4 Å². The predicted octanol–water partition coefficient (Wildman–Crippen LogP) is 2.96. The molecule has 1 fully saturated rings. The van der Waals surface area contributed by atoms with Gasteiger partial charge >= 0.3 is 0 Å². The van der Waals surface area contributed by atoms with Crippen molar-refractivity contribution in [1.82, 2.24) is 10.6 Å². The van der Waals surface area contributed by atoms with Gasteiger partial charge in [-0.3, -0.25) is 4.79 Å². The van der Waals surface area contributed by atoms with Gasteiger partial charge < -0.3 is 10.6 Å². The van der Waals surface area contributed by atoms with Crippen LogP contribution in [-0.2, 0) is 11.2 Å². The lowest BCUT2D eigenvalue weighted by molar-refractivity contribution is -0.127. The molecule has 1 aliphatic heterocycles. The zero-order valence-corrected chi connectivity index (χ0v) is 13.1. The maximum Gasteiger partial charge on any atom is 0.238 e. The van der Waals surface area contributed by atoms with Crippen LogP contribution >= 0.6 is 0 Å². The monoisotopic (exact) mass is 286 g/mol. The molecule has 1 aliphatic carbocycles. The average Bonchev–Trinajstić information content (AvgIpc) is 2.47. The minimum absolute atomic E-state index is 0.0382. The standard InChI is InChI=1S/C18H26N2O/c1-18(2)11-6-12-19-16(18)17(21)20-15-10-5-8-13-7-3-4-9-14(13)15/h3-4,7,9,15-16,19H,5-6,8,10-12H2,1-2H3,(H,20,21). The number of amides is 1. The van der Waals surface area contributed by atoms with Crippen LogP contribution in [0.25, 0.3) is 0 Å². The zero-order chi connectivity index (χ0) is 14.9. The summed E-state index contributed by atoms with van der Waals surface area (Å²) in [5.41, 5.74) is 2.74. The molecule has 2 N–H and O–H groups in total. The molecule has 2 unspecified atom stereocenters. The number of nitrogens with one attached hydrogen (secondary N) is 2. The van der Waals surface area contributed by atoms with Crippen LogP contribution in [0.3, 0.4) is 0 Å². The van der Waals surface area contributed by atoms with Gasteiger partial charge in [-0.25, -0.2) is 0 Å². The Labute approximate surface area is 127 Å². The number of aryl methyl sites for hydroxylation is 1. The van der Waals surface area contributed by atoms with Crippen LogP contribution in [0.1, 0.15) is 56.7 Å². The molecule has 1 heterocycles. The maximum absolute atomic E-state index is 12.7. The third-order valence-corrected chi connectivity index (χ3v) is 5.08. The van der Waals surface area contributed by atoms with Crippen LogP contribution in [-0.4, -0.2) is 18.5 Å². The Morgan fingerprint density at radius 3 is 2.90 bits per heavy atom.